The standard InChI is InChI=1S/C32H36FN3O4/c1-19-24(22-14-28(33)27(30(15-22)40-3)18-36-16-23(17-36)32(38)39)6-4-7-25(19)26-8-5-9-29(20(26)2)35-31(37)21-10-12-34-13-11-21/h4-9,14-15,21,23,34H,10-13,16-18H2,1-3H3,(H,35,37)(H,38,39). The maximum absolute atomic E-state index is 15.4. The van der Waals surface area contributed by atoms with Gasteiger partial charge in [0.15, 0.2) is 0 Å². The monoisotopic (exact) mass is 545 g/mol. The molecular formula is C32H36FN3O4. The minimum atomic E-state index is -0.820. The van der Waals surface area contributed by atoms with E-state index in [4.69, 9.17) is 9.84 Å². The van der Waals surface area contributed by atoms with Gasteiger partial charge in [0.05, 0.1) is 13.0 Å². The second kappa shape index (κ2) is 11.8. The fraction of sp³-hybridized carbons (Fsp3) is 0.375. The highest BCUT2D eigenvalue weighted by Gasteiger charge is 2.33. The number of rotatable bonds is 8. The number of nitrogens with one attached hydrogen (secondary N) is 2. The summed E-state index contributed by atoms with van der Waals surface area (Å²) in [5.74, 6) is -1.08. The summed E-state index contributed by atoms with van der Waals surface area (Å²) in [5.41, 5.74) is 6.83. The zero-order valence-corrected chi connectivity index (χ0v) is 23.2. The molecule has 2 heterocycles. The van der Waals surface area contributed by atoms with Crippen molar-refractivity contribution in [3.63, 3.8) is 0 Å². The van der Waals surface area contributed by atoms with Gasteiger partial charge in [-0.15, -0.1) is 0 Å². The smallest absolute Gasteiger partial charge is 0.309 e. The Hall–Kier alpha value is -3.75. The number of benzene rings is 3. The van der Waals surface area contributed by atoms with Crippen molar-refractivity contribution in [1.29, 1.82) is 0 Å². The summed E-state index contributed by atoms with van der Waals surface area (Å²) in [4.78, 5) is 26.0. The Kier molecular flexibility index (Phi) is 8.19. The van der Waals surface area contributed by atoms with E-state index in [1.54, 1.807) is 0 Å². The molecule has 210 valence electrons. The molecule has 0 radical (unpaired) electrons. The average molecular weight is 546 g/mol. The minimum absolute atomic E-state index is 0.0157. The Balaban J connectivity index is 1.42. The lowest BCUT2D eigenvalue weighted by atomic mass is 9.89. The van der Waals surface area contributed by atoms with Crippen LogP contribution in [0.5, 0.6) is 5.75 Å². The van der Waals surface area contributed by atoms with Gasteiger partial charge in [-0.25, -0.2) is 4.39 Å². The average Bonchev–Trinajstić information content (AvgIpc) is 2.92. The lowest BCUT2D eigenvalue weighted by Gasteiger charge is -2.36. The molecule has 0 unspecified atom stereocenters. The van der Waals surface area contributed by atoms with Gasteiger partial charge in [-0.1, -0.05) is 30.3 Å². The quantitative estimate of drug-likeness (QED) is 0.359. The number of carboxylic acids is 1. The number of halogens is 1. The number of carboxylic acid groups (broad SMARTS) is 1. The lowest BCUT2D eigenvalue weighted by Crippen LogP contribution is -2.49. The predicted molar refractivity (Wildman–Crippen MR) is 154 cm³/mol. The van der Waals surface area contributed by atoms with Crippen LogP contribution in [0, 0.1) is 31.5 Å². The number of likely N-dealkylation sites (tertiary alicyclic amines) is 1. The van der Waals surface area contributed by atoms with Crippen molar-refractivity contribution in [1.82, 2.24) is 10.2 Å². The third-order valence-electron chi connectivity index (χ3n) is 8.30. The molecule has 0 spiro atoms. The number of anilines is 1. The SMILES string of the molecule is COc1cc(-c2cccc(-c3cccc(NC(=O)C4CCNCC4)c3C)c2C)cc(F)c1CN1CC(C(=O)O)C1. The Bertz CT molecular complexity index is 1430. The zero-order valence-electron chi connectivity index (χ0n) is 23.2. The van der Waals surface area contributed by atoms with Gasteiger partial charge in [-0.3, -0.25) is 14.5 Å². The molecule has 0 bridgehead atoms. The molecule has 3 N–H and O–H groups in total. The van der Waals surface area contributed by atoms with Crippen LogP contribution < -0.4 is 15.4 Å². The van der Waals surface area contributed by atoms with Crippen LogP contribution in [-0.4, -0.2) is 55.2 Å². The molecule has 0 atom stereocenters. The predicted octanol–water partition coefficient (Wildman–Crippen LogP) is 5.24. The van der Waals surface area contributed by atoms with Crippen LogP contribution in [-0.2, 0) is 16.1 Å². The van der Waals surface area contributed by atoms with Crippen molar-refractivity contribution in [3.05, 3.63) is 71.0 Å². The maximum atomic E-state index is 15.4. The van der Waals surface area contributed by atoms with Crippen LogP contribution in [0.15, 0.2) is 48.5 Å². The first-order chi connectivity index (χ1) is 19.3. The molecular weight excluding hydrogens is 509 g/mol. The molecule has 0 aromatic heterocycles. The number of hydrogen-bond donors (Lipinski definition) is 3. The first-order valence-corrected chi connectivity index (χ1v) is 13.8. The lowest BCUT2D eigenvalue weighted by molar-refractivity contribution is -0.147. The minimum Gasteiger partial charge on any atom is -0.496 e. The Morgan fingerprint density at radius 2 is 1.65 bits per heavy atom. The van der Waals surface area contributed by atoms with E-state index >= 15 is 4.39 Å². The van der Waals surface area contributed by atoms with E-state index < -0.39 is 11.9 Å². The van der Waals surface area contributed by atoms with E-state index in [0.717, 1.165) is 59.4 Å². The molecule has 2 fully saturated rings. The van der Waals surface area contributed by atoms with Gasteiger partial charge < -0.3 is 20.5 Å². The van der Waals surface area contributed by atoms with Gasteiger partial charge in [0.1, 0.15) is 11.6 Å². The molecule has 2 saturated heterocycles. The number of carbonyl (C=O) groups excluding carboxylic acids is 1. The van der Waals surface area contributed by atoms with Crippen LogP contribution in [0.3, 0.4) is 0 Å². The van der Waals surface area contributed by atoms with Crippen LogP contribution in [0.1, 0.15) is 29.5 Å². The van der Waals surface area contributed by atoms with Crippen LogP contribution in [0.2, 0.25) is 0 Å². The number of amides is 1. The number of aliphatic carboxylic acids is 1. The number of carbonyl (C=O) groups is 2. The van der Waals surface area contributed by atoms with Gasteiger partial charge >= 0.3 is 5.97 Å². The number of methoxy groups -OCH3 is 1. The van der Waals surface area contributed by atoms with Gasteiger partial charge in [-0.05, 0) is 91.4 Å². The molecule has 2 aliphatic heterocycles. The highest BCUT2D eigenvalue weighted by atomic mass is 19.1. The maximum Gasteiger partial charge on any atom is 0.309 e. The van der Waals surface area contributed by atoms with Gasteiger partial charge in [0, 0.05) is 36.8 Å². The van der Waals surface area contributed by atoms with Crippen LogP contribution in [0.25, 0.3) is 22.3 Å². The summed E-state index contributed by atoms with van der Waals surface area (Å²) < 4.78 is 21.0. The Morgan fingerprint density at radius 1 is 1.00 bits per heavy atom. The fourth-order valence-electron chi connectivity index (χ4n) is 5.80. The number of nitrogens with zero attached hydrogens (tertiary/aromatic N) is 1. The molecule has 0 saturated carbocycles. The third kappa shape index (κ3) is 5.60. The molecule has 8 heteroatoms. The number of hydrogen-bond acceptors (Lipinski definition) is 5. The molecule has 40 heavy (non-hydrogen) atoms. The highest BCUT2D eigenvalue weighted by molar-refractivity contribution is 5.95. The van der Waals surface area contributed by atoms with Gasteiger partial charge in [-0.2, -0.15) is 0 Å². The summed E-state index contributed by atoms with van der Waals surface area (Å²) in [6.45, 7) is 6.86. The normalized spacial score (nSPS) is 16.4. The highest BCUT2D eigenvalue weighted by Crippen LogP contribution is 2.38. The topological polar surface area (TPSA) is 90.9 Å². The van der Waals surface area contributed by atoms with Crippen molar-refractivity contribution >= 4 is 17.6 Å². The first-order valence-electron chi connectivity index (χ1n) is 13.8. The second-order valence-corrected chi connectivity index (χ2v) is 10.8. The summed E-state index contributed by atoms with van der Waals surface area (Å²) in [5, 5.41) is 15.6. The Morgan fingerprint density at radius 3 is 2.33 bits per heavy atom. The van der Waals surface area contributed by atoms with Crippen molar-refractivity contribution in [2.24, 2.45) is 11.8 Å². The van der Waals surface area contributed by atoms with E-state index in [2.05, 4.69) is 10.6 Å². The molecule has 5 rings (SSSR count). The second-order valence-electron chi connectivity index (χ2n) is 10.8. The van der Waals surface area contributed by atoms with Crippen molar-refractivity contribution in [2.75, 3.05) is 38.6 Å². The fourth-order valence-corrected chi connectivity index (χ4v) is 5.80. The van der Waals surface area contributed by atoms with E-state index in [0.29, 0.717) is 36.5 Å². The molecule has 1 amide bonds. The molecule has 7 nitrogen and oxygen atoms in total. The van der Waals surface area contributed by atoms with E-state index in [-0.39, 0.29) is 17.6 Å². The van der Waals surface area contributed by atoms with Crippen molar-refractivity contribution in [2.45, 2.75) is 33.2 Å². The molecule has 2 aliphatic rings. The van der Waals surface area contributed by atoms with Crippen LogP contribution in [0.4, 0.5) is 10.1 Å². The van der Waals surface area contributed by atoms with E-state index in [1.807, 2.05) is 61.2 Å². The zero-order chi connectivity index (χ0) is 28.4. The summed E-state index contributed by atoms with van der Waals surface area (Å²) in [6, 6.07) is 15.3. The molecule has 3 aromatic carbocycles. The molecule has 3 aromatic rings. The van der Waals surface area contributed by atoms with Gasteiger partial charge in [0.25, 0.3) is 0 Å². The van der Waals surface area contributed by atoms with Crippen molar-refractivity contribution in [3.8, 4) is 28.0 Å². The summed E-state index contributed by atoms with van der Waals surface area (Å²) >= 11 is 0. The van der Waals surface area contributed by atoms with E-state index in [1.165, 1.54) is 13.2 Å². The number of ether oxygens (including phenoxy) is 1. The first kappa shape index (κ1) is 27.8. The van der Waals surface area contributed by atoms with Gasteiger partial charge in [0.2, 0.25) is 5.91 Å². The summed E-state index contributed by atoms with van der Waals surface area (Å²) in [6.07, 6.45) is 1.68. The Labute approximate surface area is 234 Å². The molecule has 0 aliphatic carbocycles. The van der Waals surface area contributed by atoms with Crippen molar-refractivity contribution < 1.29 is 23.8 Å². The summed E-state index contributed by atoms with van der Waals surface area (Å²) in [7, 11) is 1.52. The number of piperidine rings is 1. The van der Waals surface area contributed by atoms with Crippen LogP contribution >= 0.6 is 0 Å². The third-order valence-corrected chi connectivity index (χ3v) is 8.30. The van der Waals surface area contributed by atoms with E-state index in [9.17, 15) is 9.59 Å². The largest absolute Gasteiger partial charge is 0.496 e.